The summed E-state index contributed by atoms with van der Waals surface area (Å²) in [7, 11) is 0. The predicted molar refractivity (Wildman–Crippen MR) is 95.0 cm³/mol. The number of rotatable bonds is 4. The molecule has 2 atom stereocenters. The van der Waals surface area contributed by atoms with E-state index in [1.54, 1.807) is 6.92 Å². The number of halogens is 4. The predicted octanol–water partition coefficient (Wildman–Crippen LogP) is 3.73. The van der Waals surface area contributed by atoms with Crippen LogP contribution in [0.5, 0.6) is 0 Å². The minimum absolute atomic E-state index is 0.117. The maximum absolute atomic E-state index is 14.5. The fraction of sp³-hybridized carbons (Fsp3) is 0.421. The Morgan fingerprint density at radius 2 is 1.97 bits per heavy atom. The highest BCUT2D eigenvalue weighted by molar-refractivity contribution is 5.95. The Hall–Kier alpha value is -2.91. The second-order valence-electron chi connectivity index (χ2n) is 7.03. The topological polar surface area (TPSA) is 77.3 Å². The maximum Gasteiger partial charge on any atom is 0.425 e. The third-order valence-electron chi connectivity index (χ3n) is 4.49. The van der Waals surface area contributed by atoms with Crippen molar-refractivity contribution in [2.24, 2.45) is 4.99 Å². The molecule has 0 N–H and O–H groups in total. The molecule has 0 saturated carbocycles. The molecular weight excluding hydrogens is 392 g/mol. The monoisotopic (exact) mass is 410 g/mol. The number of hydrogen-bond acceptors (Lipinski definition) is 6. The molecular formula is C19H18F4N4O2. The highest BCUT2D eigenvalue weighted by Gasteiger charge is 2.50. The fourth-order valence-corrected chi connectivity index (χ4v) is 3.11. The number of carbonyl (C=O) groups excluding carboxylic acids is 1. The first-order chi connectivity index (χ1) is 13.5. The van der Waals surface area contributed by atoms with Crippen molar-refractivity contribution in [3.63, 3.8) is 0 Å². The van der Waals surface area contributed by atoms with E-state index in [-0.39, 0.29) is 29.4 Å². The summed E-state index contributed by atoms with van der Waals surface area (Å²) in [4.78, 5) is 28.6. The van der Waals surface area contributed by atoms with Crippen molar-refractivity contribution >= 4 is 11.7 Å². The van der Waals surface area contributed by atoms with E-state index in [0.29, 0.717) is 5.69 Å². The number of alkyl halides is 3. The number of aliphatic imine (C=N–C) groups is 1. The Morgan fingerprint density at radius 1 is 1.24 bits per heavy atom. The number of aromatic nitrogens is 3. The third kappa shape index (κ3) is 4.57. The first-order valence-corrected chi connectivity index (χ1v) is 8.75. The van der Waals surface area contributed by atoms with E-state index in [9.17, 15) is 22.4 Å². The highest BCUT2D eigenvalue weighted by atomic mass is 19.4. The van der Waals surface area contributed by atoms with E-state index in [4.69, 9.17) is 4.74 Å². The molecule has 0 unspecified atom stereocenters. The number of Topliss-reactive ketones (excluding diaryl/α,β-unsaturated/α-hetero) is 1. The minimum atomic E-state index is -4.63. The van der Waals surface area contributed by atoms with Gasteiger partial charge in [-0.05, 0) is 26.0 Å². The van der Waals surface area contributed by atoms with Crippen LogP contribution in [0.25, 0.3) is 0 Å². The number of ketones is 1. The zero-order valence-corrected chi connectivity index (χ0v) is 15.9. The summed E-state index contributed by atoms with van der Waals surface area (Å²) in [5, 5.41) is 0. The van der Waals surface area contributed by atoms with E-state index < -0.39 is 35.8 Å². The van der Waals surface area contributed by atoms with Gasteiger partial charge in [0.1, 0.15) is 22.7 Å². The summed E-state index contributed by atoms with van der Waals surface area (Å²) in [6.07, 6.45) is -4.83. The second-order valence-corrected chi connectivity index (χ2v) is 7.03. The first kappa shape index (κ1) is 20.8. The molecule has 0 radical (unpaired) electrons. The van der Waals surface area contributed by atoms with Crippen LogP contribution < -0.4 is 0 Å². The molecule has 0 spiro atoms. The van der Waals surface area contributed by atoms with Crippen molar-refractivity contribution in [2.75, 3.05) is 0 Å². The van der Waals surface area contributed by atoms with Gasteiger partial charge in [-0.3, -0.25) is 14.8 Å². The lowest BCUT2D eigenvalue weighted by atomic mass is 9.88. The fourth-order valence-electron chi connectivity index (χ4n) is 3.11. The summed E-state index contributed by atoms with van der Waals surface area (Å²) in [5.74, 6) is -1.41. The first-order valence-electron chi connectivity index (χ1n) is 8.75. The molecule has 2 aromatic heterocycles. The van der Waals surface area contributed by atoms with Gasteiger partial charge in [0.2, 0.25) is 0 Å². The molecule has 6 nitrogen and oxygen atoms in total. The van der Waals surface area contributed by atoms with Gasteiger partial charge in [0.05, 0.1) is 18.3 Å². The molecule has 0 fully saturated rings. The Balaban J connectivity index is 1.91. The molecule has 0 bridgehead atoms. The highest BCUT2D eigenvalue weighted by Crippen LogP contribution is 2.40. The molecule has 1 aliphatic rings. The minimum Gasteiger partial charge on any atom is -0.468 e. The van der Waals surface area contributed by atoms with Gasteiger partial charge in [-0.2, -0.15) is 13.2 Å². The summed E-state index contributed by atoms with van der Waals surface area (Å²) >= 11 is 0. The summed E-state index contributed by atoms with van der Waals surface area (Å²) < 4.78 is 58.8. The van der Waals surface area contributed by atoms with Gasteiger partial charge >= 0.3 is 6.18 Å². The van der Waals surface area contributed by atoms with Crippen molar-refractivity contribution in [1.29, 1.82) is 0 Å². The smallest absolute Gasteiger partial charge is 0.425 e. The van der Waals surface area contributed by atoms with Crippen LogP contribution in [-0.4, -0.2) is 38.9 Å². The van der Waals surface area contributed by atoms with Crippen LogP contribution in [-0.2, 0) is 16.7 Å². The Bertz CT molecular complexity index is 960. The largest absolute Gasteiger partial charge is 0.468 e. The van der Waals surface area contributed by atoms with Gasteiger partial charge in [0.25, 0.3) is 0 Å². The summed E-state index contributed by atoms with van der Waals surface area (Å²) in [6.45, 7) is 4.36. The maximum atomic E-state index is 14.5. The third-order valence-corrected chi connectivity index (χ3v) is 4.49. The zero-order valence-electron chi connectivity index (χ0n) is 15.9. The summed E-state index contributed by atoms with van der Waals surface area (Å²) in [6, 6.07) is 2.37. The van der Waals surface area contributed by atoms with Gasteiger partial charge in [-0.25, -0.2) is 14.4 Å². The quantitative estimate of drug-likeness (QED) is 0.567. The molecule has 0 aromatic carbocycles. The second kappa shape index (κ2) is 7.49. The van der Waals surface area contributed by atoms with Gasteiger partial charge in [-0.15, -0.1) is 0 Å². The molecule has 0 amide bonds. The molecule has 3 heterocycles. The van der Waals surface area contributed by atoms with Crippen molar-refractivity contribution in [3.8, 4) is 0 Å². The molecule has 0 saturated heterocycles. The van der Waals surface area contributed by atoms with Gasteiger partial charge in [-0.1, -0.05) is 0 Å². The van der Waals surface area contributed by atoms with Crippen LogP contribution in [0, 0.1) is 12.7 Å². The van der Waals surface area contributed by atoms with Crippen LogP contribution in [0.15, 0.2) is 29.5 Å². The van der Waals surface area contributed by atoms with Gasteiger partial charge < -0.3 is 4.74 Å². The molecule has 29 heavy (non-hydrogen) atoms. The Kier molecular flexibility index (Phi) is 5.38. The van der Waals surface area contributed by atoms with E-state index in [2.05, 4.69) is 19.9 Å². The zero-order chi connectivity index (χ0) is 21.4. The van der Waals surface area contributed by atoms with Crippen LogP contribution >= 0.6 is 0 Å². The van der Waals surface area contributed by atoms with Gasteiger partial charge in [0.15, 0.2) is 17.8 Å². The van der Waals surface area contributed by atoms with E-state index in [1.807, 2.05) is 0 Å². The van der Waals surface area contributed by atoms with Crippen molar-refractivity contribution in [2.45, 2.75) is 51.4 Å². The lowest BCUT2D eigenvalue weighted by molar-refractivity contribution is -0.208. The normalized spacial score (nSPS) is 22.0. The van der Waals surface area contributed by atoms with Crippen LogP contribution in [0.3, 0.4) is 0 Å². The SMILES string of the molecule is CC1=N[C@](C)(c2nc(CC(=O)c3cnc(C)cn3)ccc2F)C[C@@H](C(F)(F)F)O1. The molecule has 0 aliphatic carbocycles. The average Bonchev–Trinajstić information content (AvgIpc) is 2.62. The van der Waals surface area contributed by atoms with Crippen molar-refractivity contribution in [1.82, 2.24) is 15.0 Å². The standard InChI is InChI=1S/C19H18F4N4O2/c1-10-8-25-14(9-24-10)15(28)6-12-4-5-13(20)17(26-12)18(3)7-16(19(21,22)23)29-11(2)27-18/h4-5,8-9,16H,6-7H2,1-3H3/t16-,18-/m0/s1. The molecule has 3 rings (SSSR count). The Labute approximate surface area is 164 Å². The van der Waals surface area contributed by atoms with E-state index in [1.165, 1.54) is 32.3 Å². The van der Waals surface area contributed by atoms with Crippen LogP contribution in [0.4, 0.5) is 17.6 Å². The van der Waals surface area contributed by atoms with Crippen LogP contribution in [0.1, 0.15) is 47.8 Å². The molecule has 1 aliphatic heterocycles. The number of carbonyl (C=O) groups is 1. The molecule has 154 valence electrons. The van der Waals surface area contributed by atoms with Gasteiger partial charge in [0, 0.05) is 25.2 Å². The number of hydrogen-bond donors (Lipinski definition) is 0. The van der Waals surface area contributed by atoms with E-state index in [0.717, 1.165) is 6.07 Å². The number of ether oxygens (including phenoxy) is 1. The average molecular weight is 410 g/mol. The molecule has 2 aromatic rings. The number of nitrogens with zero attached hydrogens (tertiary/aromatic N) is 4. The van der Waals surface area contributed by atoms with Crippen molar-refractivity contribution in [3.05, 3.63) is 53.1 Å². The lowest BCUT2D eigenvalue weighted by Crippen LogP contribution is -2.43. The number of pyridine rings is 1. The van der Waals surface area contributed by atoms with Crippen LogP contribution in [0.2, 0.25) is 0 Å². The van der Waals surface area contributed by atoms with E-state index >= 15 is 0 Å². The molecule has 10 heteroatoms. The lowest BCUT2D eigenvalue weighted by Gasteiger charge is -2.35. The number of aryl methyl sites for hydroxylation is 1. The Morgan fingerprint density at radius 3 is 2.59 bits per heavy atom. The summed E-state index contributed by atoms with van der Waals surface area (Å²) in [5.41, 5.74) is -0.905. The van der Waals surface area contributed by atoms with Crippen molar-refractivity contribution < 1.29 is 27.1 Å².